The van der Waals surface area contributed by atoms with Crippen LogP contribution in [0.4, 0.5) is 0 Å². The van der Waals surface area contributed by atoms with Crippen LogP contribution in [0.1, 0.15) is 44.7 Å². The van der Waals surface area contributed by atoms with E-state index in [1.54, 1.807) is 0 Å². The molecule has 0 amide bonds. The molecule has 1 aromatic carbocycles. The van der Waals surface area contributed by atoms with Gasteiger partial charge in [-0.3, -0.25) is 0 Å². The molecule has 3 rings (SSSR count). The average molecular weight is 273 g/mol. The summed E-state index contributed by atoms with van der Waals surface area (Å²) in [6.07, 6.45) is 3.85. The van der Waals surface area contributed by atoms with Gasteiger partial charge in [-0.2, -0.15) is 0 Å². The van der Waals surface area contributed by atoms with Crippen molar-refractivity contribution in [2.24, 2.45) is 11.8 Å². The van der Waals surface area contributed by atoms with Crippen LogP contribution in [0, 0.1) is 11.8 Å². The monoisotopic (exact) mass is 273 g/mol. The summed E-state index contributed by atoms with van der Waals surface area (Å²) >= 11 is 0. The zero-order valence-electron chi connectivity index (χ0n) is 12.2. The molecule has 0 bridgehead atoms. The molecule has 3 N–H and O–H groups in total. The van der Waals surface area contributed by atoms with Gasteiger partial charge in [-0.15, -0.1) is 0 Å². The number of rotatable bonds is 6. The molecule has 2 aromatic rings. The van der Waals surface area contributed by atoms with Crippen LogP contribution in [-0.4, -0.2) is 16.5 Å². The first kappa shape index (κ1) is 13.4. The van der Waals surface area contributed by atoms with Gasteiger partial charge in [0.2, 0.25) is 0 Å². The van der Waals surface area contributed by atoms with Gasteiger partial charge in [0, 0.05) is 6.04 Å². The Balaban J connectivity index is 1.91. The first-order valence-electron chi connectivity index (χ1n) is 7.64. The lowest BCUT2D eigenvalue weighted by Crippen LogP contribution is -2.28. The molecule has 1 heterocycles. The number of imidazole rings is 1. The van der Waals surface area contributed by atoms with Crippen LogP contribution >= 0.6 is 0 Å². The number of aromatic nitrogens is 2. The van der Waals surface area contributed by atoms with Crippen LogP contribution in [0.5, 0.6) is 0 Å². The summed E-state index contributed by atoms with van der Waals surface area (Å²) in [5.74, 6) is 1.50. The Kier molecular flexibility index (Phi) is 3.66. The summed E-state index contributed by atoms with van der Waals surface area (Å²) in [5, 5.41) is 3.68. The van der Waals surface area contributed by atoms with Crippen molar-refractivity contribution in [3.8, 4) is 0 Å². The summed E-state index contributed by atoms with van der Waals surface area (Å²) in [6.45, 7) is 5.57. The van der Waals surface area contributed by atoms with Gasteiger partial charge in [0.25, 0.3) is 0 Å². The fourth-order valence-corrected chi connectivity index (χ4v) is 3.04. The molecular formula is C16H23N3O. The van der Waals surface area contributed by atoms with Gasteiger partial charge in [-0.05, 0) is 55.3 Å². The number of hydrogen-bond donors (Lipinski definition) is 3. The standard InChI is InChI=1S/C16H23N3O/c1-3-8-17-15(10(2)11-4-5-11)12-6-7-13-14(9-12)19-16(20)18-13/h6-7,9-11,15,17H,3-5,8H2,1-2H3,(H2,18,19,20). The largest absolute Gasteiger partial charge is 0.323 e. The van der Waals surface area contributed by atoms with E-state index in [0.717, 1.165) is 29.9 Å². The third kappa shape index (κ3) is 2.66. The number of fused-ring (bicyclic) bond motifs is 1. The second-order valence-corrected chi connectivity index (χ2v) is 6.01. The molecular weight excluding hydrogens is 250 g/mol. The summed E-state index contributed by atoms with van der Waals surface area (Å²) in [6, 6.07) is 6.63. The fourth-order valence-electron chi connectivity index (χ4n) is 3.04. The SMILES string of the molecule is CCCNC(c1ccc2[nH]c(=O)[nH]c2c1)C(C)C1CC1. The zero-order valence-corrected chi connectivity index (χ0v) is 12.2. The first-order chi connectivity index (χ1) is 9.69. The second-order valence-electron chi connectivity index (χ2n) is 6.01. The minimum Gasteiger partial charge on any atom is -0.310 e. The van der Waals surface area contributed by atoms with Crippen molar-refractivity contribution >= 4 is 11.0 Å². The van der Waals surface area contributed by atoms with Crippen LogP contribution in [0.25, 0.3) is 11.0 Å². The van der Waals surface area contributed by atoms with Gasteiger partial charge in [-0.1, -0.05) is 19.9 Å². The van der Waals surface area contributed by atoms with Crippen molar-refractivity contribution in [1.82, 2.24) is 15.3 Å². The maximum absolute atomic E-state index is 11.4. The fraction of sp³-hybridized carbons (Fsp3) is 0.562. The Hall–Kier alpha value is -1.55. The Morgan fingerprint density at radius 2 is 2.05 bits per heavy atom. The molecule has 2 atom stereocenters. The summed E-state index contributed by atoms with van der Waals surface area (Å²) in [5.41, 5.74) is 2.93. The highest BCUT2D eigenvalue weighted by molar-refractivity contribution is 5.75. The molecule has 4 heteroatoms. The Bertz CT molecular complexity index is 638. The van der Waals surface area contributed by atoms with Gasteiger partial charge in [0.15, 0.2) is 0 Å². The lowest BCUT2D eigenvalue weighted by Gasteiger charge is -2.25. The van der Waals surface area contributed by atoms with E-state index in [9.17, 15) is 4.79 Å². The highest BCUT2D eigenvalue weighted by atomic mass is 16.1. The molecule has 1 aliphatic carbocycles. The van der Waals surface area contributed by atoms with Crippen molar-refractivity contribution in [2.45, 2.75) is 39.2 Å². The maximum atomic E-state index is 11.4. The number of nitrogens with one attached hydrogen (secondary N) is 3. The van der Waals surface area contributed by atoms with Crippen molar-refractivity contribution in [3.05, 3.63) is 34.2 Å². The number of hydrogen-bond acceptors (Lipinski definition) is 2. The predicted octanol–water partition coefficient (Wildman–Crippen LogP) is 2.94. The highest BCUT2D eigenvalue weighted by Gasteiger charge is 2.33. The normalized spacial score (nSPS) is 18.3. The summed E-state index contributed by atoms with van der Waals surface area (Å²) in [7, 11) is 0. The van der Waals surface area contributed by atoms with Crippen LogP contribution < -0.4 is 11.0 Å². The quantitative estimate of drug-likeness (QED) is 0.758. The average Bonchev–Trinajstić information content (AvgIpc) is 3.20. The van der Waals surface area contributed by atoms with Gasteiger partial charge >= 0.3 is 5.69 Å². The molecule has 0 saturated heterocycles. The van der Waals surface area contributed by atoms with Crippen LogP contribution in [-0.2, 0) is 0 Å². The Morgan fingerprint density at radius 3 is 2.75 bits per heavy atom. The smallest absolute Gasteiger partial charge is 0.310 e. The Labute approximate surface area is 119 Å². The van der Waals surface area contributed by atoms with Crippen molar-refractivity contribution < 1.29 is 0 Å². The molecule has 0 radical (unpaired) electrons. The van der Waals surface area contributed by atoms with E-state index in [2.05, 4.69) is 41.3 Å². The van der Waals surface area contributed by atoms with E-state index in [4.69, 9.17) is 0 Å². The summed E-state index contributed by atoms with van der Waals surface area (Å²) < 4.78 is 0. The van der Waals surface area contributed by atoms with E-state index in [1.807, 2.05) is 6.07 Å². The maximum Gasteiger partial charge on any atom is 0.323 e. The lowest BCUT2D eigenvalue weighted by atomic mass is 9.90. The van der Waals surface area contributed by atoms with Gasteiger partial charge in [0.1, 0.15) is 0 Å². The van der Waals surface area contributed by atoms with E-state index in [1.165, 1.54) is 18.4 Å². The van der Waals surface area contributed by atoms with Crippen molar-refractivity contribution in [1.29, 1.82) is 0 Å². The zero-order chi connectivity index (χ0) is 14.1. The molecule has 108 valence electrons. The Morgan fingerprint density at radius 1 is 1.30 bits per heavy atom. The minimum absolute atomic E-state index is 0.134. The van der Waals surface area contributed by atoms with Crippen molar-refractivity contribution in [2.75, 3.05) is 6.54 Å². The molecule has 4 nitrogen and oxygen atoms in total. The second kappa shape index (κ2) is 5.44. The number of benzene rings is 1. The van der Waals surface area contributed by atoms with E-state index >= 15 is 0 Å². The molecule has 1 aromatic heterocycles. The molecule has 1 saturated carbocycles. The van der Waals surface area contributed by atoms with Crippen molar-refractivity contribution in [3.63, 3.8) is 0 Å². The predicted molar refractivity (Wildman–Crippen MR) is 81.8 cm³/mol. The van der Waals surface area contributed by atoms with E-state index in [0.29, 0.717) is 12.0 Å². The molecule has 1 fully saturated rings. The molecule has 1 aliphatic rings. The third-order valence-corrected chi connectivity index (χ3v) is 4.40. The highest BCUT2D eigenvalue weighted by Crippen LogP contribution is 2.42. The van der Waals surface area contributed by atoms with Gasteiger partial charge in [0.05, 0.1) is 11.0 Å². The number of H-pyrrole nitrogens is 2. The third-order valence-electron chi connectivity index (χ3n) is 4.40. The molecule has 0 spiro atoms. The van der Waals surface area contributed by atoms with Crippen LogP contribution in [0.3, 0.4) is 0 Å². The topological polar surface area (TPSA) is 60.7 Å². The van der Waals surface area contributed by atoms with Gasteiger partial charge < -0.3 is 15.3 Å². The lowest BCUT2D eigenvalue weighted by molar-refractivity contribution is 0.350. The molecule has 20 heavy (non-hydrogen) atoms. The van der Waals surface area contributed by atoms with E-state index in [-0.39, 0.29) is 5.69 Å². The molecule has 0 aliphatic heterocycles. The molecule has 2 unspecified atom stereocenters. The van der Waals surface area contributed by atoms with Crippen LogP contribution in [0.15, 0.2) is 23.0 Å². The van der Waals surface area contributed by atoms with E-state index < -0.39 is 0 Å². The minimum atomic E-state index is -0.134. The van der Waals surface area contributed by atoms with Crippen LogP contribution in [0.2, 0.25) is 0 Å². The summed E-state index contributed by atoms with van der Waals surface area (Å²) in [4.78, 5) is 17.0. The number of aromatic amines is 2. The first-order valence-corrected chi connectivity index (χ1v) is 7.64. The van der Waals surface area contributed by atoms with Gasteiger partial charge in [-0.25, -0.2) is 4.79 Å².